The first-order valence-corrected chi connectivity index (χ1v) is 21.9. The summed E-state index contributed by atoms with van der Waals surface area (Å²) in [6.45, 7) is 20.4. The first-order valence-electron chi connectivity index (χ1n) is 21.9. The van der Waals surface area contributed by atoms with Crippen molar-refractivity contribution >= 4 is 27.5 Å². The SMILES string of the molecule is C=C(/C=C(\C)c1ccc2c(c1)Oc1c(ccc3c1C1C=CC=CC1C3(C1=CCCC=C1)c1ccccc1)O2)c1cccc2ccccc12.C=C(C)c1ccccc1.CC.CC. The van der Waals surface area contributed by atoms with Crippen LogP contribution in [0.2, 0.25) is 0 Å². The normalized spacial score (nSPS) is 18.7. The average molecular weight is 799 g/mol. The molecule has 6 aromatic rings. The number of benzene rings is 6. The predicted molar refractivity (Wildman–Crippen MR) is 262 cm³/mol. The Labute approximate surface area is 364 Å². The summed E-state index contributed by atoms with van der Waals surface area (Å²) < 4.78 is 13.6. The first-order chi connectivity index (χ1) is 29.9. The van der Waals surface area contributed by atoms with E-state index in [1.807, 2.05) is 58.9 Å². The maximum absolute atomic E-state index is 6.95. The van der Waals surface area contributed by atoms with Gasteiger partial charge >= 0.3 is 0 Å². The molecule has 1 heterocycles. The number of hydrogen-bond acceptors (Lipinski definition) is 2. The van der Waals surface area contributed by atoms with Crippen molar-refractivity contribution in [1.82, 2.24) is 0 Å². The zero-order chi connectivity index (χ0) is 42.9. The second-order valence-corrected chi connectivity index (χ2v) is 15.4. The van der Waals surface area contributed by atoms with E-state index < -0.39 is 0 Å². The van der Waals surface area contributed by atoms with E-state index in [1.165, 1.54) is 38.6 Å². The van der Waals surface area contributed by atoms with E-state index in [9.17, 15) is 0 Å². The molecule has 2 nitrogen and oxygen atoms in total. The van der Waals surface area contributed by atoms with Crippen LogP contribution in [-0.2, 0) is 5.41 Å². The summed E-state index contributed by atoms with van der Waals surface area (Å²) in [7, 11) is 0. The molecule has 2 heteroatoms. The maximum Gasteiger partial charge on any atom is 0.174 e. The molecule has 3 aliphatic carbocycles. The number of allylic oxidation sites excluding steroid dienone is 12. The van der Waals surface area contributed by atoms with Crippen LogP contribution in [-0.4, -0.2) is 0 Å². The molecule has 0 aromatic heterocycles. The molecule has 3 atom stereocenters. The lowest BCUT2D eigenvalue weighted by atomic mass is 9.62. The Bertz CT molecular complexity index is 2680. The minimum absolute atomic E-state index is 0.148. The minimum atomic E-state index is -0.332. The zero-order valence-corrected chi connectivity index (χ0v) is 36.6. The maximum atomic E-state index is 6.95. The van der Waals surface area contributed by atoms with Crippen LogP contribution in [0.4, 0.5) is 0 Å². The van der Waals surface area contributed by atoms with Gasteiger partial charge in [-0.2, -0.15) is 0 Å². The second-order valence-electron chi connectivity index (χ2n) is 15.4. The predicted octanol–water partition coefficient (Wildman–Crippen LogP) is 17.0. The molecular weight excluding hydrogens is 741 g/mol. The molecule has 0 radical (unpaired) electrons. The standard InChI is InChI=1S/C46H36O2.C9H10.2C2H6/c1-30(28-31(2)36-22-13-15-32-14-9-10-20-37(32)36)33-24-26-41-43(29-33)48-45-42(47-41)27-25-40-44(45)38-21-11-12-23-39(38)46(40,34-16-5-3-6-17-34)35-18-7-4-8-19-35;1-8(2)9-6-4-3-5-7-9;2*1-2/h3,5-7,9-29,38-39H,2,4,8H2,1H3;3-7H,1H2,2H3;2*1-2H3/b30-28+;;;. The van der Waals surface area contributed by atoms with Crippen LogP contribution in [0.25, 0.3) is 27.5 Å². The van der Waals surface area contributed by atoms with E-state index in [2.05, 4.69) is 178 Å². The van der Waals surface area contributed by atoms with Crippen molar-refractivity contribution in [2.75, 3.05) is 0 Å². The highest BCUT2D eigenvalue weighted by atomic mass is 16.6. The van der Waals surface area contributed by atoms with Gasteiger partial charge in [0.2, 0.25) is 0 Å². The molecule has 1 aliphatic heterocycles. The lowest BCUT2D eigenvalue weighted by Crippen LogP contribution is -2.35. The first kappa shape index (κ1) is 42.5. The Morgan fingerprint density at radius 3 is 2.07 bits per heavy atom. The highest BCUT2D eigenvalue weighted by molar-refractivity contribution is 5.97. The molecule has 61 heavy (non-hydrogen) atoms. The van der Waals surface area contributed by atoms with Gasteiger partial charge in [0.25, 0.3) is 0 Å². The summed E-state index contributed by atoms with van der Waals surface area (Å²) >= 11 is 0. The smallest absolute Gasteiger partial charge is 0.174 e. The fraction of sp³-hybridized carbons (Fsp3) is 0.186. The summed E-state index contributed by atoms with van der Waals surface area (Å²) in [5.41, 5.74) is 11.5. The third-order valence-corrected chi connectivity index (χ3v) is 11.9. The highest BCUT2D eigenvalue weighted by Gasteiger charge is 2.55. The fourth-order valence-electron chi connectivity index (χ4n) is 9.18. The number of rotatable bonds is 6. The minimum Gasteiger partial charge on any atom is -0.450 e. The quantitative estimate of drug-likeness (QED) is 0.156. The van der Waals surface area contributed by atoms with Crippen molar-refractivity contribution in [1.29, 1.82) is 0 Å². The summed E-state index contributed by atoms with van der Waals surface area (Å²) in [6.07, 6.45) is 20.6. The molecule has 6 aromatic carbocycles. The van der Waals surface area contributed by atoms with Crippen LogP contribution in [0.15, 0.2) is 201 Å². The van der Waals surface area contributed by atoms with E-state index in [1.54, 1.807) is 0 Å². The van der Waals surface area contributed by atoms with E-state index in [0.717, 1.165) is 63.7 Å². The van der Waals surface area contributed by atoms with Crippen LogP contribution in [0.5, 0.6) is 23.0 Å². The summed E-state index contributed by atoms with van der Waals surface area (Å²) in [4.78, 5) is 0. The Balaban J connectivity index is 0.000000378. The lowest BCUT2D eigenvalue weighted by Gasteiger charge is -2.40. The van der Waals surface area contributed by atoms with Crippen LogP contribution >= 0.6 is 0 Å². The van der Waals surface area contributed by atoms with Crippen LogP contribution < -0.4 is 9.47 Å². The monoisotopic (exact) mass is 798 g/mol. The van der Waals surface area contributed by atoms with Crippen LogP contribution in [0.1, 0.15) is 93.7 Å². The summed E-state index contributed by atoms with van der Waals surface area (Å²) in [6, 6.07) is 46.7. The lowest BCUT2D eigenvalue weighted by molar-refractivity contribution is 0.355. The van der Waals surface area contributed by atoms with Gasteiger partial charge in [0.05, 0.1) is 5.41 Å². The highest BCUT2D eigenvalue weighted by Crippen LogP contribution is 2.64. The molecule has 0 amide bonds. The van der Waals surface area contributed by atoms with Crippen molar-refractivity contribution in [2.24, 2.45) is 5.92 Å². The molecular formula is C59H58O2. The number of ether oxygens (including phenoxy) is 2. The van der Waals surface area contributed by atoms with E-state index >= 15 is 0 Å². The van der Waals surface area contributed by atoms with Gasteiger partial charge in [0, 0.05) is 17.4 Å². The molecule has 0 bridgehead atoms. The fourth-order valence-corrected chi connectivity index (χ4v) is 9.18. The zero-order valence-electron chi connectivity index (χ0n) is 36.6. The molecule has 0 N–H and O–H groups in total. The van der Waals surface area contributed by atoms with Crippen LogP contribution in [0, 0.1) is 5.92 Å². The Hall–Kier alpha value is -6.64. The average Bonchev–Trinajstić information content (AvgIpc) is 3.64. The molecule has 0 saturated heterocycles. The van der Waals surface area contributed by atoms with Gasteiger partial charge in [-0.25, -0.2) is 0 Å². The van der Waals surface area contributed by atoms with Gasteiger partial charge in [-0.1, -0.05) is 210 Å². The molecule has 4 aliphatic rings. The third kappa shape index (κ3) is 8.16. The summed E-state index contributed by atoms with van der Waals surface area (Å²) in [5, 5.41) is 2.42. The third-order valence-electron chi connectivity index (χ3n) is 11.9. The second kappa shape index (κ2) is 19.2. The van der Waals surface area contributed by atoms with Crippen molar-refractivity contribution in [3.05, 3.63) is 234 Å². The van der Waals surface area contributed by atoms with Gasteiger partial charge < -0.3 is 9.47 Å². The molecule has 10 rings (SSSR count). The van der Waals surface area contributed by atoms with E-state index in [0.29, 0.717) is 0 Å². The molecule has 0 saturated carbocycles. The van der Waals surface area contributed by atoms with Gasteiger partial charge in [0.15, 0.2) is 23.0 Å². The van der Waals surface area contributed by atoms with E-state index in [4.69, 9.17) is 9.47 Å². The molecule has 3 unspecified atom stereocenters. The molecule has 0 spiro atoms. The van der Waals surface area contributed by atoms with Crippen LogP contribution in [0.3, 0.4) is 0 Å². The Kier molecular flexibility index (Phi) is 13.3. The Morgan fingerprint density at radius 1 is 0.656 bits per heavy atom. The Morgan fingerprint density at radius 2 is 1.34 bits per heavy atom. The van der Waals surface area contributed by atoms with Gasteiger partial charge in [-0.3, -0.25) is 0 Å². The van der Waals surface area contributed by atoms with Crippen molar-refractivity contribution in [2.45, 2.75) is 65.7 Å². The largest absolute Gasteiger partial charge is 0.450 e. The molecule has 0 fully saturated rings. The van der Waals surface area contributed by atoms with E-state index in [-0.39, 0.29) is 17.3 Å². The number of hydrogen-bond donors (Lipinski definition) is 0. The summed E-state index contributed by atoms with van der Waals surface area (Å²) in [5.74, 6) is 3.42. The van der Waals surface area contributed by atoms with Gasteiger partial charge in [0.1, 0.15) is 0 Å². The number of fused-ring (bicyclic) bond motifs is 7. The molecule has 306 valence electrons. The van der Waals surface area contributed by atoms with Crippen molar-refractivity contribution in [3.8, 4) is 23.0 Å². The van der Waals surface area contributed by atoms with Gasteiger partial charge in [-0.05, 0) is 100 Å². The van der Waals surface area contributed by atoms with Gasteiger partial charge in [-0.15, -0.1) is 0 Å². The van der Waals surface area contributed by atoms with Crippen molar-refractivity contribution < 1.29 is 9.47 Å². The van der Waals surface area contributed by atoms with Crippen molar-refractivity contribution in [3.63, 3.8) is 0 Å². The topological polar surface area (TPSA) is 18.5 Å².